The highest BCUT2D eigenvalue weighted by atomic mass is 16.2. The van der Waals surface area contributed by atoms with Crippen LogP contribution in [0.2, 0.25) is 0 Å². The van der Waals surface area contributed by atoms with E-state index in [2.05, 4.69) is 10.2 Å². The standard InChI is InChI=1S/C16H20N4O3/c1-18-7-9-19(10-8-18)14(21)11-13-15(22)20(16(23)17-13)12-5-3-2-4-6-12/h2-6,13H,7-11H2,1H3,(H,17,23). The number of anilines is 1. The van der Waals surface area contributed by atoms with Crippen molar-refractivity contribution in [3.63, 3.8) is 0 Å². The molecule has 0 aliphatic carbocycles. The molecule has 2 saturated heterocycles. The molecule has 0 spiro atoms. The lowest BCUT2D eigenvalue weighted by Gasteiger charge is -2.32. The molecule has 1 unspecified atom stereocenters. The number of nitrogens with one attached hydrogen (secondary N) is 1. The lowest BCUT2D eigenvalue weighted by molar-refractivity contribution is -0.135. The Hall–Kier alpha value is -2.41. The number of rotatable bonds is 3. The summed E-state index contributed by atoms with van der Waals surface area (Å²) in [7, 11) is 2.01. The molecule has 1 aromatic carbocycles. The highest BCUT2D eigenvalue weighted by Crippen LogP contribution is 2.20. The summed E-state index contributed by atoms with van der Waals surface area (Å²) in [5.41, 5.74) is 0.518. The molecule has 122 valence electrons. The lowest BCUT2D eigenvalue weighted by atomic mass is 10.1. The van der Waals surface area contributed by atoms with E-state index in [0.29, 0.717) is 18.8 Å². The minimum absolute atomic E-state index is 0.0115. The van der Waals surface area contributed by atoms with Gasteiger partial charge in [0.05, 0.1) is 12.1 Å². The van der Waals surface area contributed by atoms with Crippen molar-refractivity contribution in [2.24, 2.45) is 0 Å². The van der Waals surface area contributed by atoms with Crippen LogP contribution in [0.3, 0.4) is 0 Å². The first-order chi connectivity index (χ1) is 11.1. The maximum atomic E-state index is 12.5. The average molecular weight is 316 g/mol. The van der Waals surface area contributed by atoms with Crippen molar-refractivity contribution in [1.82, 2.24) is 15.1 Å². The van der Waals surface area contributed by atoms with Crippen LogP contribution in [0.1, 0.15) is 6.42 Å². The zero-order valence-corrected chi connectivity index (χ0v) is 13.1. The van der Waals surface area contributed by atoms with Gasteiger partial charge >= 0.3 is 6.03 Å². The van der Waals surface area contributed by atoms with Crippen molar-refractivity contribution in [3.05, 3.63) is 30.3 Å². The summed E-state index contributed by atoms with van der Waals surface area (Å²) in [5.74, 6) is -0.463. The van der Waals surface area contributed by atoms with Crippen LogP contribution in [0.5, 0.6) is 0 Å². The molecule has 2 aliphatic heterocycles. The Bertz CT molecular complexity index is 611. The number of hydrogen-bond donors (Lipinski definition) is 1. The fourth-order valence-corrected chi connectivity index (χ4v) is 2.85. The summed E-state index contributed by atoms with van der Waals surface area (Å²) < 4.78 is 0. The van der Waals surface area contributed by atoms with E-state index in [9.17, 15) is 14.4 Å². The van der Waals surface area contributed by atoms with Gasteiger partial charge in [0.1, 0.15) is 6.04 Å². The maximum absolute atomic E-state index is 12.5. The number of hydrogen-bond acceptors (Lipinski definition) is 4. The third-order valence-corrected chi connectivity index (χ3v) is 4.27. The number of carbonyl (C=O) groups is 3. The van der Waals surface area contributed by atoms with Crippen LogP contribution in [-0.2, 0) is 9.59 Å². The van der Waals surface area contributed by atoms with Gasteiger partial charge in [-0.25, -0.2) is 9.69 Å². The fourth-order valence-electron chi connectivity index (χ4n) is 2.85. The summed E-state index contributed by atoms with van der Waals surface area (Å²) in [6.07, 6.45) is 0.0115. The Morgan fingerprint density at radius 2 is 1.78 bits per heavy atom. The van der Waals surface area contributed by atoms with Gasteiger partial charge in [-0.05, 0) is 19.2 Å². The van der Waals surface area contributed by atoms with Crippen LogP contribution >= 0.6 is 0 Å². The Labute approximate surface area is 134 Å². The fraction of sp³-hybridized carbons (Fsp3) is 0.438. The largest absolute Gasteiger partial charge is 0.340 e. The van der Waals surface area contributed by atoms with E-state index in [1.807, 2.05) is 13.1 Å². The Kier molecular flexibility index (Phi) is 4.29. The summed E-state index contributed by atoms with van der Waals surface area (Å²) >= 11 is 0. The molecule has 0 aromatic heterocycles. The Balaban J connectivity index is 1.64. The van der Waals surface area contributed by atoms with Gasteiger partial charge < -0.3 is 15.1 Å². The number of benzene rings is 1. The summed E-state index contributed by atoms with van der Waals surface area (Å²) in [4.78, 5) is 41.9. The smallest absolute Gasteiger partial charge is 0.329 e. The number of amides is 4. The van der Waals surface area contributed by atoms with E-state index in [1.165, 1.54) is 0 Å². The number of para-hydroxylation sites is 1. The van der Waals surface area contributed by atoms with Gasteiger partial charge in [0.2, 0.25) is 5.91 Å². The molecule has 0 bridgehead atoms. The molecule has 7 nitrogen and oxygen atoms in total. The van der Waals surface area contributed by atoms with Crippen molar-refractivity contribution in [1.29, 1.82) is 0 Å². The van der Waals surface area contributed by atoms with Gasteiger partial charge in [-0.15, -0.1) is 0 Å². The summed E-state index contributed by atoms with van der Waals surface area (Å²) in [5, 5.41) is 2.61. The predicted molar refractivity (Wildman–Crippen MR) is 84.9 cm³/mol. The average Bonchev–Trinajstić information content (AvgIpc) is 2.82. The van der Waals surface area contributed by atoms with Crippen molar-refractivity contribution in [2.45, 2.75) is 12.5 Å². The molecule has 3 rings (SSSR count). The number of piperazine rings is 1. The zero-order chi connectivity index (χ0) is 16.4. The molecule has 0 radical (unpaired) electrons. The van der Waals surface area contributed by atoms with E-state index in [-0.39, 0.29) is 18.2 Å². The van der Waals surface area contributed by atoms with Crippen molar-refractivity contribution >= 4 is 23.5 Å². The normalized spacial score (nSPS) is 22.4. The highest BCUT2D eigenvalue weighted by molar-refractivity contribution is 6.22. The molecule has 23 heavy (non-hydrogen) atoms. The van der Waals surface area contributed by atoms with E-state index >= 15 is 0 Å². The maximum Gasteiger partial charge on any atom is 0.329 e. The van der Waals surface area contributed by atoms with Crippen LogP contribution in [0, 0.1) is 0 Å². The molecule has 2 fully saturated rings. The van der Waals surface area contributed by atoms with Crippen molar-refractivity contribution < 1.29 is 14.4 Å². The molecular formula is C16H20N4O3. The Morgan fingerprint density at radius 1 is 1.13 bits per heavy atom. The van der Waals surface area contributed by atoms with Gasteiger partial charge in [-0.2, -0.15) is 0 Å². The first kappa shape index (κ1) is 15.5. The third kappa shape index (κ3) is 3.19. The molecule has 1 N–H and O–H groups in total. The van der Waals surface area contributed by atoms with Crippen LogP contribution < -0.4 is 10.2 Å². The monoisotopic (exact) mass is 316 g/mol. The minimum atomic E-state index is -0.783. The first-order valence-corrected chi connectivity index (χ1v) is 7.72. The number of urea groups is 1. The topological polar surface area (TPSA) is 73.0 Å². The molecule has 2 aliphatic rings. The highest BCUT2D eigenvalue weighted by Gasteiger charge is 2.40. The van der Waals surface area contributed by atoms with E-state index < -0.39 is 12.1 Å². The Morgan fingerprint density at radius 3 is 2.43 bits per heavy atom. The van der Waals surface area contributed by atoms with Crippen LogP contribution in [0.25, 0.3) is 0 Å². The second-order valence-electron chi connectivity index (χ2n) is 5.90. The molecule has 4 amide bonds. The zero-order valence-electron chi connectivity index (χ0n) is 13.1. The molecule has 1 aromatic rings. The van der Waals surface area contributed by atoms with E-state index in [0.717, 1.165) is 18.0 Å². The van der Waals surface area contributed by atoms with Crippen LogP contribution in [0.15, 0.2) is 30.3 Å². The van der Waals surface area contributed by atoms with Gasteiger partial charge in [0, 0.05) is 26.2 Å². The summed E-state index contributed by atoms with van der Waals surface area (Å²) in [6.45, 7) is 2.97. The third-order valence-electron chi connectivity index (χ3n) is 4.27. The van der Waals surface area contributed by atoms with E-state index in [4.69, 9.17) is 0 Å². The molecule has 2 heterocycles. The second-order valence-corrected chi connectivity index (χ2v) is 5.90. The number of carbonyl (C=O) groups excluding carboxylic acids is 3. The number of imide groups is 1. The number of nitrogens with zero attached hydrogens (tertiary/aromatic N) is 3. The quantitative estimate of drug-likeness (QED) is 0.813. The van der Waals surface area contributed by atoms with E-state index in [1.54, 1.807) is 29.2 Å². The molecular weight excluding hydrogens is 296 g/mol. The number of likely N-dealkylation sites (N-methyl/N-ethyl adjacent to an activating group) is 1. The first-order valence-electron chi connectivity index (χ1n) is 7.72. The molecule has 7 heteroatoms. The van der Waals surface area contributed by atoms with Gasteiger partial charge in [0.15, 0.2) is 0 Å². The van der Waals surface area contributed by atoms with Gasteiger partial charge in [-0.3, -0.25) is 9.59 Å². The second kappa shape index (κ2) is 6.37. The van der Waals surface area contributed by atoms with Gasteiger partial charge in [-0.1, -0.05) is 18.2 Å². The SMILES string of the molecule is CN1CCN(C(=O)CC2NC(=O)N(c3ccccc3)C2=O)CC1. The predicted octanol–water partition coefficient (Wildman–Crippen LogP) is 0.275. The molecule has 0 saturated carbocycles. The van der Waals surface area contributed by atoms with Crippen LogP contribution in [0.4, 0.5) is 10.5 Å². The summed E-state index contributed by atoms with van der Waals surface area (Å²) in [6, 6.07) is 7.48. The van der Waals surface area contributed by atoms with Gasteiger partial charge in [0.25, 0.3) is 5.91 Å². The molecule has 1 atom stereocenters. The van der Waals surface area contributed by atoms with Crippen LogP contribution in [-0.4, -0.2) is 66.9 Å². The van der Waals surface area contributed by atoms with Crippen molar-refractivity contribution in [2.75, 3.05) is 38.1 Å². The minimum Gasteiger partial charge on any atom is -0.340 e. The van der Waals surface area contributed by atoms with Crippen molar-refractivity contribution in [3.8, 4) is 0 Å². The lowest BCUT2D eigenvalue weighted by Crippen LogP contribution is -2.48.